The molecule has 4 aromatic rings. The summed E-state index contributed by atoms with van der Waals surface area (Å²) in [6.45, 7) is 1.35. The number of aliphatic imine (C=N–C) groups is 1. The summed E-state index contributed by atoms with van der Waals surface area (Å²) in [4.78, 5) is 90.5. The molecule has 5 amide bonds. The molecule has 2 aromatic heterocycles. The Kier molecular flexibility index (Phi) is 13.6. The van der Waals surface area contributed by atoms with E-state index in [4.69, 9.17) is 17.2 Å². The molecule has 0 fully saturated rings. The number of para-hydroxylation sites is 1. The van der Waals surface area contributed by atoms with Gasteiger partial charge in [-0.15, -0.1) is 0 Å². The van der Waals surface area contributed by atoms with Gasteiger partial charge in [0.05, 0.1) is 11.3 Å². The van der Waals surface area contributed by atoms with E-state index in [0.29, 0.717) is 11.3 Å². The van der Waals surface area contributed by atoms with Crippen molar-refractivity contribution in [1.29, 1.82) is 0 Å². The first-order chi connectivity index (χ1) is 25.3. The number of nitrogens with zero attached hydrogens (tertiary/aromatic N) is 3. The molecule has 12 N–H and O–H groups in total. The zero-order valence-corrected chi connectivity index (χ0v) is 28.8. The number of nitrogens with two attached hydrogens (primary N) is 3. The molecule has 280 valence electrons. The molecule has 0 saturated heterocycles. The maximum atomic E-state index is 14.0. The number of aromatic amines is 2. The van der Waals surface area contributed by atoms with Gasteiger partial charge in [-0.1, -0.05) is 30.3 Å². The molecule has 0 aliphatic carbocycles. The molecule has 2 heterocycles. The van der Waals surface area contributed by atoms with E-state index in [1.807, 2.05) is 24.3 Å². The summed E-state index contributed by atoms with van der Waals surface area (Å²) in [5, 5.41) is 22.6. The Morgan fingerprint density at radius 2 is 1.47 bits per heavy atom. The molecule has 19 heteroatoms. The Balaban J connectivity index is 1.59. The number of carbonyl (C=O) groups excluding carboxylic acids is 5. The minimum absolute atomic E-state index is 0.0119. The summed E-state index contributed by atoms with van der Waals surface area (Å²) in [6.07, 6.45) is 4.76. The number of aromatic nitrogens is 3. The summed E-state index contributed by atoms with van der Waals surface area (Å²) in [5.74, 6) is -3.74. The van der Waals surface area contributed by atoms with E-state index < -0.39 is 58.6 Å². The molecule has 0 aliphatic heterocycles. The summed E-state index contributed by atoms with van der Waals surface area (Å²) in [7, 11) is 0. The maximum Gasteiger partial charge on any atom is 0.269 e. The fourth-order valence-corrected chi connectivity index (χ4v) is 5.60. The van der Waals surface area contributed by atoms with Crippen LogP contribution in [0.3, 0.4) is 0 Å². The fraction of sp³-hybridized carbons (Fsp3) is 0.324. The number of H-pyrrole nitrogens is 2. The lowest BCUT2D eigenvalue weighted by Gasteiger charge is -2.26. The molecule has 53 heavy (non-hydrogen) atoms. The SMILES string of the molecule is CC(=O)N[C@@H](Cc1cnc[nH]1)C(=O)N[C@H](Cc1ccc([N+](=O)[O-])cc1)C(=O)N[C@@H](CCCN=C(N)N)C(=O)N[C@@H](Cc1c[nH]c2ccccc12)C(N)=O. The molecule has 0 spiro atoms. The van der Waals surface area contributed by atoms with Crippen molar-refractivity contribution in [3.05, 3.63) is 94.2 Å². The fourth-order valence-electron chi connectivity index (χ4n) is 5.60. The van der Waals surface area contributed by atoms with Crippen LogP contribution in [0.1, 0.15) is 36.6 Å². The lowest BCUT2D eigenvalue weighted by molar-refractivity contribution is -0.384. The number of nitrogens with one attached hydrogen (secondary N) is 6. The van der Waals surface area contributed by atoms with Gasteiger partial charge >= 0.3 is 0 Å². The van der Waals surface area contributed by atoms with E-state index in [1.54, 1.807) is 6.20 Å². The van der Waals surface area contributed by atoms with Gasteiger partial charge in [0.15, 0.2) is 5.96 Å². The summed E-state index contributed by atoms with van der Waals surface area (Å²) >= 11 is 0. The van der Waals surface area contributed by atoms with E-state index in [2.05, 4.69) is 41.2 Å². The van der Waals surface area contributed by atoms with Crippen LogP contribution in [0.25, 0.3) is 10.9 Å². The van der Waals surface area contributed by atoms with Crippen molar-refractivity contribution in [1.82, 2.24) is 36.2 Å². The number of nitro benzene ring substituents is 1. The molecule has 19 nitrogen and oxygen atoms in total. The first kappa shape index (κ1) is 39.0. The highest BCUT2D eigenvalue weighted by atomic mass is 16.6. The van der Waals surface area contributed by atoms with Crippen molar-refractivity contribution < 1.29 is 28.9 Å². The Morgan fingerprint density at radius 1 is 0.830 bits per heavy atom. The van der Waals surface area contributed by atoms with E-state index in [9.17, 15) is 34.1 Å². The van der Waals surface area contributed by atoms with Gasteiger partial charge in [-0.25, -0.2) is 4.98 Å². The number of hydrogen-bond acceptors (Lipinski definition) is 9. The number of primary amides is 1. The Bertz CT molecular complexity index is 1940. The lowest BCUT2D eigenvalue weighted by Crippen LogP contribution is -2.59. The third kappa shape index (κ3) is 11.6. The van der Waals surface area contributed by atoms with Crippen LogP contribution in [-0.4, -0.2) is 86.1 Å². The largest absolute Gasteiger partial charge is 0.370 e. The van der Waals surface area contributed by atoms with Crippen LogP contribution in [-0.2, 0) is 43.2 Å². The average Bonchev–Trinajstić information content (AvgIpc) is 3.78. The first-order valence-corrected chi connectivity index (χ1v) is 16.6. The van der Waals surface area contributed by atoms with Crippen LogP contribution in [0.4, 0.5) is 5.69 Å². The number of non-ortho nitro benzene ring substituents is 1. The number of guanidine groups is 1. The summed E-state index contributed by atoms with van der Waals surface area (Å²) in [6, 6.07) is 7.90. The summed E-state index contributed by atoms with van der Waals surface area (Å²) < 4.78 is 0. The van der Waals surface area contributed by atoms with Crippen LogP contribution < -0.4 is 38.5 Å². The van der Waals surface area contributed by atoms with Gasteiger partial charge in [-0.05, 0) is 30.0 Å². The van der Waals surface area contributed by atoms with Crippen LogP contribution in [0, 0.1) is 10.1 Å². The topological polar surface area (TPSA) is 312 Å². The van der Waals surface area contributed by atoms with Crippen LogP contribution in [0.15, 0.2) is 72.2 Å². The molecule has 0 saturated carbocycles. The molecule has 0 unspecified atom stereocenters. The molecule has 0 radical (unpaired) electrons. The van der Waals surface area contributed by atoms with E-state index >= 15 is 0 Å². The Morgan fingerprint density at radius 3 is 2.09 bits per heavy atom. The summed E-state index contributed by atoms with van der Waals surface area (Å²) in [5.41, 5.74) is 19.0. The number of amides is 5. The molecular formula is C34H42N12O7. The highest BCUT2D eigenvalue weighted by Crippen LogP contribution is 2.19. The molecule has 2 aromatic carbocycles. The number of hydrogen-bond donors (Lipinski definition) is 9. The van der Waals surface area contributed by atoms with Gasteiger partial charge in [0.1, 0.15) is 24.2 Å². The van der Waals surface area contributed by atoms with Crippen molar-refractivity contribution in [2.24, 2.45) is 22.2 Å². The van der Waals surface area contributed by atoms with Crippen molar-refractivity contribution in [2.75, 3.05) is 6.54 Å². The molecule has 4 rings (SSSR count). The predicted molar refractivity (Wildman–Crippen MR) is 194 cm³/mol. The highest BCUT2D eigenvalue weighted by molar-refractivity contribution is 5.96. The van der Waals surface area contributed by atoms with Crippen molar-refractivity contribution in [3.63, 3.8) is 0 Å². The highest BCUT2D eigenvalue weighted by Gasteiger charge is 2.31. The third-order valence-corrected chi connectivity index (χ3v) is 8.23. The second-order valence-corrected chi connectivity index (χ2v) is 12.3. The number of rotatable bonds is 19. The lowest BCUT2D eigenvalue weighted by atomic mass is 10.0. The van der Waals surface area contributed by atoms with Crippen molar-refractivity contribution in [3.8, 4) is 0 Å². The van der Waals surface area contributed by atoms with E-state index in [1.165, 1.54) is 43.7 Å². The van der Waals surface area contributed by atoms with Crippen LogP contribution >= 0.6 is 0 Å². The van der Waals surface area contributed by atoms with Crippen molar-refractivity contribution >= 4 is 52.1 Å². The van der Waals surface area contributed by atoms with Gasteiger partial charge in [0, 0.05) is 73.9 Å². The van der Waals surface area contributed by atoms with Crippen LogP contribution in [0.5, 0.6) is 0 Å². The van der Waals surface area contributed by atoms with E-state index in [0.717, 1.165) is 16.5 Å². The quantitative estimate of drug-likeness (QED) is 0.0193. The molecule has 0 aliphatic rings. The molecule has 0 bridgehead atoms. The van der Waals surface area contributed by atoms with Gasteiger partial charge in [0.2, 0.25) is 29.5 Å². The second kappa shape index (κ2) is 18.4. The zero-order valence-electron chi connectivity index (χ0n) is 28.8. The zero-order chi connectivity index (χ0) is 38.5. The number of carbonyl (C=O) groups is 5. The predicted octanol–water partition coefficient (Wildman–Crippen LogP) is -0.675. The average molecular weight is 731 g/mol. The normalized spacial score (nSPS) is 13.2. The number of benzene rings is 2. The number of fused-ring (bicyclic) bond motifs is 1. The van der Waals surface area contributed by atoms with Gasteiger partial charge in [-0.3, -0.25) is 39.1 Å². The third-order valence-electron chi connectivity index (χ3n) is 8.23. The molecule has 4 atom stereocenters. The number of imidazole rings is 1. The van der Waals surface area contributed by atoms with Crippen molar-refractivity contribution in [2.45, 2.75) is 63.2 Å². The van der Waals surface area contributed by atoms with E-state index in [-0.39, 0.29) is 50.3 Å². The van der Waals surface area contributed by atoms with Gasteiger partial charge in [0.25, 0.3) is 5.69 Å². The standard InChI is InChI=1S/C34H42N12O7/c1-19(47)42-29(15-22-17-38-18-41-22)33(51)45-28(13-20-8-10-23(11-9-20)46(52)53)32(50)43-26(7-4-12-39-34(36)37)31(49)44-27(30(35)48)14-21-16-40-25-6-3-2-5-24(21)25/h2-3,5-6,8-11,16-18,26-29,40H,4,7,12-15H2,1H3,(H2,35,48)(H,38,41)(H,42,47)(H,43,50)(H,44,49)(H,45,51)(H4,36,37,39)/t26-,27-,28+,29-/m0/s1. The minimum Gasteiger partial charge on any atom is -0.370 e. The number of nitro groups is 1. The second-order valence-electron chi connectivity index (χ2n) is 12.3. The monoisotopic (exact) mass is 730 g/mol. The van der Waals surface area contributed by atoms with Gasteiger partial charge in [-0.2, -0.15) is 0 Å². The smallest absolute Gasteiger partial charge is 0.269 e. The van der Waals surface area contributed by atoms with Crippen LogP contribution in [0.2, 0.25) is 0 Å². The Hall–Kier alpha value is -6.79. The first-order valence-electron chi connectivity index (χ1n) is 16.6. The maximum absolute atomic E-state index is 14.0. The Labute approximate surface area is 303 Å². The minimum atomic E-state index is -1.34. The van der Waals surface area contributed by atoms with Gasteiger partial charge < -0.3 is 48.4 Å². The molecular weight excluding hydrogens is 688 g/mol.